The van der Waals surface area contributed by atoms with E-state index in [2.05, 4.69) is 4.72 Å². The Kier molecular flexibility index (Phi) is 4.42. The quantitative estimate of drug-likeness (QED) is 0.889. The predicted molar refractivity (Wildman–Crippen MR) is 72.3 cm³/mol. The molecule has 1 aliphatic rings. The molecule has 0 atom stereocenters. The summed E-state index contributed by atoms with van der Waals surface area (Å²) in [5.41, 5.74) is 0. The van der Waals surface area contributed by atoms with E-state index in [0.29, 0.717) is 29.9 Å². The Labute approximate surface area is 112 Å². The zero-order valence-electron chi connectivity index (χ0n) is 10.4. The first kappa shape index (κ1) is 14.0. The highest BCUT2D eigenvalue weighted by atomic mass is 32.2. The van der Waals surface area contributed by atoms with Crippen molar-refractivity contribution in [2.24, 2.45) is 0 Å². The molecular weight excluding hydrogens is 270 g/mol. The molecule has 4 nitrogen and oxygen atoms in total. The van der Waals surface area contributed by atoms with Crippen LogP contribution in [0.5, 0.6) is 0 Å². The molecule has 0 spiro atoms. The number of aliphatic hydroxyl groups is 1. The van der Waals surface area contributed by atoms with Gasteiger partial charge in [-0.05, 0) is 44.2 Å². The van der Waals surface area contributed by atoms with Gasteiger partial charge in [0.1, 0.15) is 4.21 Å². The molecule has 2 N–H and O–H groups in total. The second-order valence-corrected chi connectivity index (χ2v) is 7.81. The van der Waals surface area contributed by atoms with Gasteiger partial charge in [-0.1, -0.05) is 6.92 Å². The Balaban J connectivity index is 2.03. The van der Waals surface area contributed by atoms with Gasteiger partial charge in [0, 0.05) is 10.9 Å². The molecular formula is C12H19NO3S2. The van der Waals surface area contributed by atoms with E-state index in [9.17, 15) is 13.5 Å². The summed E-state index contributed by atoms with van der Waals surface area (Å²) in [7, 11) is -3.38. The van der Waals surface area contributed by atoms with Gasteiger partial charge in [0.25, 0.3) is 0 Å². The van der Waals surface area contributed by atoms with Gasteiger partial charge in [0.15, 0.2) is 0 Å². The van der Waals surface area contributed by atoms with E-state index in [1.165, 1.54) is 11.3 Å². The van der Waals surface area contributed by atoms with Crippen LogP contribution in [0.1, 0.15) is 37.5 Å². The van der Waals surface area contributed by atoms with Crippen molar-refractivity contribution in [3.63, 3.8) is 0 Å². The van der Waals surface area contributed by atoms with E-state index in [-0.39, 0.29) is 12.1 Å². The number of nitrogens with one attached hydrogen (secondary N) is 1. The number of hydrogen-bond donors (Lipinski definition) is 2. The molecule has 0 amide bonds. The maximum atomic E-state index is 12.1. The molecule has 0 aliphatic heterocycles. The highest BCUT2D eigenvalue weighted by molar-refractivity contribution is 7.91. The fourth-order valence-corrected chi connectivity index (χ4v) is 4.78. The van der Waals surface area contributed by atoms with Crippen LogP contribution in [0.15, 0.2) is 16.3 Å². The molecule has 2 rings (SSSR count). The Bertz CT molecular complexity index is 487. The predicted octanol–water partition coefficient (Wildman–Crippen LogP) is 1.89. The van der Waals surface area contributed by atoms with Crippen molar-refractivity contribution in [3.05, 3.63) is 17.0 Å². The lowest BCUT2D eigenvalue weighted by Gasteiger charge is -2.25. The monoisotopic (exact) mass is 289 g/mol. The molecule has 102 valence electrons. The van der Waals surface area contributed by atoms with Crippen molar-refractivity contribution < 1.29 is 13.5 Å². The van der Waals surface area contributed by atoms with Crippen LogP contribution in [0.25, 0.3) is 0 Å². The van der Waals surface area contributed by atoms with Crippen LogP contribution in [0.2, 0.25) is 0 Å². The SMILES string of the molecule is CCc1ccc(S(=O)(=O)NC2CCC(O)CC2)s1. The van der Waals surface area contributed by atoms with E-state index in [1.807, 2.05) is 13.0 Å². The van der Waals surface area contributed by atoms with Gasteiger partial charge < -0.3 is 5.11 Å². The molecule has 0 aromatic carbocycles. The summed E-state index contributed by atoms with van der Waals surface area (Å²) in [6.45, 7) is 2.01. The van der Waals surface area contributed by atoms with Crippen LogP contribution in [-0.2, 0) is 16.4 Å². The van der Waals surface area contributed by atoms with Gasteiger partial charge >= 0.3 is 0 Å². The standard InChI is InChI=1S/C12H19NO3S2/c1-2-11-7-8-12(17-11)18(15,16)13-9-3-5-10(14)6-4-9/h7-10,13-14H,2-6H2,1H3. The van der Waals surface area contributed by atoms with Crippen LogP contribution in [-0.4, -0.2) is 25.7 Å². The van der Waals surface area contributed by atoms with Gasteiger partial charge in [-0.25, -0.2) is 13.1 Å². The largest absolute Gasteiger partial charge is 0.393 e. The Hall–Kier alpha value is -0.430. The molecule has 1 aliphatic carbocycles. The molecule has 1 aromatic rings. The molecule has 1 fully saturated rings. The maximum Gasteiger partial charge on any atom is 0.250 e. The maximum absolute atomic E-state index is 12.1. The second-order valence-electron chi connectivity index (χ2n) is 4.70. The lowest BCUT2D eigenvalue weighted by atomic mass is 9.94. The third-order valence-corrected chi connectivity index (χ3v) is 6.51. The van der Waals surface area contributed by atoms with Crippen LogP contribution in [0.3, 0.4) is 0 Å². The summed E-state index contributed by atoms with van der Waals surface area (Å²) in [6.07, 6.45) is 3.38. The van der Waals surface area contributed by atoms with Crippen LogP contribution in [0.4, 0.5) is 0 Å². The van der Waals surface area contributed by atoms with Gasteiger partial charge in [-0.2, -0.15) is 0 Å². The van der Waals surface area contributed by atoms with Crippen LogP contribution in [0, 0.1) is 0 Å². The highest BCUT2D eigenvalue weighted by Gasteiger charge is 2.25. The zero-order valence-corrected chi connectivity index (χ0v) is 12.1. The Morgan fingerprint density at radius 1 is 1.33 bits per heavy atom. The smallest absolute Gasteiger partial charge is 0.250 e. The fourth-order valence-electron chi connectivity index (χ4n) is 2.16. The first-order valence-electron chi connectivity index (χ1n) is 6.30. The molecule has 0 bridgehead atoms. The number of rotatable bonds is 4. The molecule has 0 radical (unpaired) electrons. The van der Waals surface area contributed by atoms with E-state index in [1.54, 1.807) is 6.07 Å². The van der Waals surface area contributed by atoms with E-state index < -0.39 is 10.0 Å². The molecule has 6 heteroatoms. The molecule has 1 heterocycles. The van der Waals surface area contributed by atoms with Crippen molar-refractivity contribution >= 4 is 21.4 Å². The first-order chi connectivity index (χ1) is 8.51. The van der Waals surface area contributed by atoms with Gasteiger partial charge in [0.2, 0.25) is 10.0 Å². The zero-order chi connectivity index (χ0) is 13.2. The molecule has 18 heavy (non-hydrogen) atoms. The summed E-state index contributed by atoms with van der Waals surface area (Å²) < 4.78 is 27.4. The first-order valence-corrected chi connectivity index (χ1v) is 8.60. The minimum Gasteiger partial charge on any atom is -0.393 e. The Morgan fingerprint density at radius 2 is 2.00 bits per heavy atom. The average molecular weight is 289 g/mol. The van der Waals surface area contributed by atoms with Crippen molar-refractivity contribution in [1.82, 2.24) is 4.72 Å². The fraction of sp³-hybridized carbons (Fsp3) is 0.667. The second kappa shape index (κ2) is 5.69. The van der Waals surface area contributed by atoms with Gasteiger partial charge in [0.05, 0.1) is 6.10 Å². The van der Waals surface area contributed by atoms with Crippen molar-refractivity contribution in [3.8, 4) is 0 Å². The van der Waals surface area contributed by atoms with Crippen LogP contribution < -0.4 is 4.72 Å². The van der Waals surface area contributed by atoms with Crippen molar-refractivity contribution in [1.29, 1.82) is 0 Å². The normalized spacial score (nSPS) is 25.2. The third-order valence-electron chi connectivity index (χ3n) is 3.27. The van der Waals surface area contributed by atoms with Crippen molar-refractivity contribution in [2.45, 2.75) is 55.4 Å². The lowest BCUT2D eigenvalue weighted by molar-refractivity contribution is 0.120. The number of aryl methyl sites for hydroxylation is 1. The van der Waals surface area contributed by atoms with Gasteiger partial charge in [-0.15, -0.1) is 11.3 Å². The number of hydrogen-bond acceptors (Lipinski definition) is 4. The minimum atomic E-state index is -3.38. The molecule has 1 saturated carbocycles. The summed E-state index contributed by atoms with van der Waals surface area (Å²) in [5.74, 6) is 0. The third kappa shape index (κ3) is 3.32. The summed E-state index contributed by atoms with van der Waals surface area (Å²) in [4.78, 5) is 1.08. The number of thiophene rings is 1. The van der Waals surface area contributed by atoms with Crippen LogP contribution >= 0.6 is 11.3 Å². The summed E-state index contributed by atoms with van der Waals surface area (Å²) in [5, 5.41) is 9.40. The van der Waals surface area contributed by atoms with Crippen molar-refractivity contribution in [2.75, 3.05) is 0 Å². The lowest BCUT2D eigenvalue weighted by Crippen LogP contribution is -2.38. The number of aliphatic hydroxyl groups excluding tert-OH is 1. The van der Waals surface area contributed by atoms with Gasteiger partial charge in [-0.3, -0.25) is 0 Å². The van der Waals surface area contributed by atoms with E-state index in [0.717, 1.165) is 11.3 Å². The Morgan fingerprint density at radius 3 is 2.56 bits per heavy atom. The summed E-state index contributed by atoms with van der Waals surface area (Å²) in [6, 6.07) is 3.50. The van der Waals surface area contributed by atoms with E-state index in [4.69, 9.17) is 0 Å². The number of sulfonamides is 1. The highest BCUT2D eigenvalue weighted by Crippen LogP contribution is 2.24. The molecule has 1 aromatic heterocycles. The topological polar surface area (TPSA) is 66.4 Å². The summed E-state index contributed by atoms with van der Waals surface area (Å²) >= 11 is 1.33. The van der Waals surface area contributed by atoms with E-state index >= 15 is 0 Å². The minimum absolute atomic E-state index is 0.0365. The average Bonchev–Trinajstić information content (AvgIpc) is 2.81. The molecule has 0 unspecified atom stereocenters. The molecule has 0 saturated heterocycles.